The summed E-state index contributed by atoms with van der Waals surface area (Å²) in [5, 5.41) is 18.2. The van der Waals surface area contributed by atoms with E-state index in [0.29, 0.717) is 0 Å². The van der Waals surface area contributed by atoms with Gasteiger partial charge in [0.15, 0.2) is 0 Å². The molecular weight excluding hydrogens is 380 g/mol. The molecule has 1 atom stereocenters. The smallest absolute Gasteiger partial charge is 0.230 e. The Balaban J connectivity index is 4.00. The SMILES string of the molecule is CCCCCCCCCCCCCCC=CC(CC(N)=O)C(=O)N(CCO)CCO. The number of nitrogens with zero attached hydrogens (tertiary/aromatic N) is 1. The quantitative estimate of drug-likeness (QED) is 0.191. The van der Waals surface area contributed by atoms with E-state index in [1.807, 2.05) is 6.08 Å². The van der Waals surface area contributed by atoms with Crippen LogP contribution in [0.25, 0.3) is 0 Å². The minimum Gasteiger partial charge on any atom is -0.395 e. The van der Waals surface area contributed by atoms with Crippen molar-refractivity contribution < 1.29 is 19.8 Å². The molecule has 0 saturated carbocycles. The van der Waals surface area contributed by atoms with E-state index >= 15 is 0 Å². The van der Waals surface area contributed by atoms with Crippen LogP contribution in [0.2, 0.25) is 0 Å². The molecule has 6 heteroatoms. The van der Waals surface area contributed by atoms with Crippen molar-refractivity contribution in [2.45, 2.75) is 96.8 Å². The first-order chi connectivity index (χ1) is 14.6. The molecule has 4 N–H and O–H groups in total. The van der Waals surface area contributed by atoms with Crippen molar-refractivity contribution in [2.24, 2.45) is 11.7 Å². The third-order valence-electron chi connectivity index (χ3n) is 5.38. The molecule has 0 fully saturated rings. The molecule has 0 aromatic carbocycles. The highest BCUT2D eigenvalue weighted by atomic mass is 16.3. The third kappa shape index (κ3) is 16.4. The lowest BCUT2D eigenvalue weighted by atomic mass is 10.0. The van der Waals surface area contributed by atoms with Gasteiger partial charge < -0.3 is 20.8 Å². The predicted molar refractivity (Wildman–Crippen MR) is 123 cm³/mol. The van der Waals surface area contributed by atoms with Crippen molar-refractivity contribution in [1.29, 1.82) is 0 Å². The lowest BCUT2D eigenvalue weighted by molar-refractivity contribution is -0.137. The Hall–Kier alpha value is -1.40. The molecular formula is C24H46N2O4. The van der Waals surface area contributed by atoms with Crippen LogP contribution < -0.4 is 5.73 Å². The second-order valence-corrected chi connectivity index (χ2v) is 8.16. The number of unbranched alkanes of at least 4 members (excludes halogenated alkanes) is 12. The van der Waals surface area contributed by atoms with Crippen molar-refractivity contribution in [1.82, 2.24) is 4.90 Å². The number of amides is 2. The van der Waals surface area contributed by atoms with E-state index in [2.05, 4.69) is 6.92 Å². The summed E-state index contributed by atoms with van der Waals surface area (Å²) in [5.74, 6) is -1.43. The molecule has 0 aromatic rings. The van der Waals surface area contributed by atoms with Crippen LogP contribution in [0.15, 0.2) is 12.2 Å². The van der Waals surface area contributed by atoms with Gasteiger partial charge in [0, 0.05) is 19.5 Å². The number of allylic oxidation sites excluding steroid dienone is 1. The van der Waals surface area contributed by atoms with Gasteiger partial charge in [-0.2, -0.15) is 0 Å². The van der Waals surface area contributed by atoms with Crippen LogP contribution in [0, 0.1) is 5.92 Å². The van der Waals surface area contributed by atoms with E-state index in [1.165, 1.54) is 75.5 Å². The fourth-order valence-corrected chi connectivity index (χ4v) is 3.63. The van der Waals surface area contributed by atoms with Crippen molar-refractivity contribution >= 4 is 11.8 Å². The molecule has 0 aliphatic heterocycles. The van der Waals surface area contributed by atoms with Gasteiger partial charge in [-0.25, -0.2) is 0 Å². The van der Waals surface area contributed by atoms with Gasteiger partial charge in [0.2, 0.25) is 11.8 Å². The van der Waals surface area contributed by atoms with Gasteiger partial charge in [-0.05, 0) is 12.8 Å². The second kappa shape index (κ2) is 20.9. The summed E-state index contributed by atoms with van der Waals surface area (Å²) in [4.78, 5) is 25.3. The van der Waals surface area contributed by atoms with Crippen LogP contribution in [0.1, 0.15) is 96.8 Å². The van der Waals surface area contributed by atoms with E-state index in [-0.39, 0.29) is 38.6 Å². The molecule has 6 nitrogen and oxygen atoms in total. The minimum atomic E-state index is -0.627. The molecule has 0 saturated heterocycles. The molecule has 0 rings (SSSR count). The Morgan fingerprint density at radius 1 is 0.833 bits per heavy atom. The van der Waals surface area contributed by atoms with Crippen LogP contribution in [0.4, 0.5) is 0 Å². The Morgan fingerprint density at radius 2 is 1.30 bits per heavy atom. The van der Waals surface area contributed by atoms with Gasteiger partial charge in [0.1, 0.15) is 0 Å². The molecule has 0 spiro atoms. The van der Waals surface area contributed by atoms with Crippen molar-refractivity contribution in [3.8, 4) is 0 Å². The number of carbonyl (C=O) groups is 2. The fraction of sp³-hybridized carbons (Fsp3) is 0.833. The topological polar surface area (TPSA) is 104 Å². The monoisotopic (exact) mass is 426 g/mol. The number of aliphatic hydroxyl groups excluding tert-OH is 2. The molecule has 176 valence electrons. The zero-order chi connectivity index (χ0) is 22.5. The maximum absolute atomic E-state index is 12.6. The van der Waals surface area contributed by atoms with Crippen molar-refractivity contribution in [3.63, 3.8) is 0 Å². The lowest BCUT2D eigenvalue weighted by Gasteiger charge is -2.24. The van der Waals surface area contributed by atoms with Gasteiger partial charge in [-0.1, -0.05) is 89.7 Å². The minimum absolute atomic E-state index is 0.0544. The molecule has 0 bridgehead atoms. The summed E-state index contributed by atoms with van der Waals surface area (Å²) in [6.45, 7) is 2.17. The highest BCUT2D eigenvalue weighted by Gasteiger charge is 2.23. The summed E-state index contributed by atoms with van der Waals surface area (Å²) < 4.78 is 0. The van der Waals surface area contributed by atoms with E-state index in [9.17, 15) is 9.59 Å². The van der Waals surface area contributed by atoms with Crippen LogP contribution in [0.5, 0.6) is 0 Å². The van der Waals surface area contributed by atoms with Crippen LogP contribution in [0.3, 0.4) is 0 Å². The number of hydrogen-bond acceptors (Lipinski definition) is 4. The zero-order valence-corrected chi connectivity index (χ0v) is 19.2. The van der Waals surface area contributed by atoms with Gasteiger partial charge in [-0.15, -0.1) is 0 Å². The third-order valence-corrected chi connectivity index (χ3v) is 5.38. The molecule has 0 aromatic heterocycles. The molecule has 0 aliphatic rings. The number of hydrogen-bond donors (Lipinski definition) is 3. The van der Waals surface area contributed by atoms with E-state index < -0.39 is 11.8 Å². The van der Waals surface area contributed by atoms with Crippen LogP contribution in [-0.4, -0.2) is 53.2 Å². The van der Waals surface area contributed by atoms with Gasteiger partial charge in [-0.3, -0.25) is 9.59 Å². The number of primary amides is 1. The lowest BCUT2D eigenvalue weighted by Crippen LogP contribution is -2.40. The first-order valence-corrected chi connectivity index (χ1v) is 12.0. The number of carbonyl (C=O) groups excluding carboxylic acids is 2. The van der Waals surface area contributed by atoms with Gasteiger partial charge in [0.25, 0.3) is 0 Å². The van der Waals surface area contributed by atoms with Gasteiger partial charge in [0.05, 0.1) is 19.1 Å². The Bertz CT molecular complexity index is 448. The molecule has 0 aliphatic carbocycles. The summed E-state index contributed by atoms with van der Waals surface area (Å²) in [7, 11) is 0. The fourth-order valence-electron chi connectivity index (χ4n) is 3.63. The Labute approximate surface area is 183 Å². The highest BCUT2D eigenvalue weighted by Crippen LogP contribution is 2.14. The standard InChI is InChI=1S/C24H46N2O4/c1-2-3-4-5-6-7-8-9-10-11-12-13-14-15-16-22(21-23(25)29)24(30)26(17-19-27)18-20-28/h15-16,22,27-28H,2-14,17-21H2,1H3,(H2,25,29). The average molecular weight is 427 g/mol. The predicted octanol–water partition coefficient (Wildman–Crippen LogP) is 3.94. The Morgan fingerprint density at radius 3 is 1.73 bits per heavy atom. The average Bonchev–Trinajstić information content (AvgIpc) is 2.72. The summed E-state index contributed by atoms with van der Waals surface area (Å²) in [5.41, 5.74) is 5.29. The number of rotatable bonds is 21. The normalized spacial score (nSPS) is 12.4. The van der Waals surface area contributed by atoms with E-state index in [4.69, 9.17) is 15.9 Å². The summed E-state index contributed by atoms with van der Waals surface area (Å²) in [6.07, 6.45) is 20.2. The Kier molecular flexibility index (Phi) is 19.9. The van der Waals surface area contributed by atoms with Crippen molar-refractivity contribution in [2.75, 3.05) is 26.3 Å². The second-order valence-electron chi connectivity index (χ2n) is 8.16. The summed E-state index contributed by atoms with van der Waals surface area (Å²) >= 11 is 0. The molecule has 2 amide bonds. The molecule has 30 heavy (non-hydrogen) atoms. The molecule has 0 heterocycles. The van der Waals surface area contributed by atoms with E-state index in [0.717, 1.165) is 12.8 Å². The van der Waals surface area contributed by atoms with E-state index in [1.54, 1.807) is 6.08 Å². The molecule has 0 radical (unpaired) electrons. The highest BCUT2D eigenvalue weighted by molar-refractivity contribution is 5.86. The maximum Gasteiger partial charge on any atom is 0.230 e. The summed E-state index contributed by atoms with van der Waals surface area (Å²) in [6, 6.07) is 0. The largest absolute Gasteiger partial charge is 0.395 e. The van der Waals surface area contributed by atoms with Crippen molar-refractivity contribution in [3.05, 3.63) is 12.2 Å². The molecule has 1 unspecified atom stereocenters. The number of nitrogens with two attached hydrogens (primary N) is 1. The maximum atomic E-state index is 12.6. The van der Waals surface area contributed by atoms with Crippen LogP contribution >= 0.6 is 0 Å². The van der Waals surface area contributed by atoms with Crippen LogP contribution in [-0.2, 0) is 9.59 Å². The zero-order valence-electron chi connectivity index (χ0n) is 19.2. The van der Waals surface area contributed by atoms with Gasteiger partial charge >= 0.3 is 0 Å². The first-order valence-electron chi connectivity index (χ1n) is 12.0. The number of aliphatic hydroxyl groups is 2. The first kappa shape index (κ1) is 28.6.